The number of nitrogens with one attached hydrogen (secondary N) is 4. The summed E-state index contributed by atoms with van der Waals surface area (Å²) in [5.74, 6) is -0.520. The summed E-state index contributed by atoms with van der Waals surface area (Å²) in [7, 11) is -3.09. The minimum absolute atomic E-state index is 0.0125. The predicted octanol–water partition coefficient (Wildman–Crippen LogP) is 3.26. The first-order chi connectivity index (χ1) is 20.3. The Balaban J connectivity index is 1.36. The zero-order chi connectivity index (χ0) is 30.9. The molecule has 230 valence electrons. The molecule has 1 aliphatic rings. The second-order valence-corrected chi connectivity index (χ2v) is 13.5. The number of rotatable bonds is 9. The Bertz CT molecular complexity index is 1740. The molecule has 16 heteroatoms. The van der Waals surface area contributed by atoms with Crippen molar-refractivity contribution in [3.8, 4) is 10.6 Å². The quantitative estimate of drug-likeness (QED) is 0.140. The molecule has 1 saturated heterocycles. The molecular formula is C27H31F3N8O3S2. The van der Waals surface area contributed by atoms with Crippen LogP contribution in [-0.4, -0.2) is 65.6 Å². The Labute approximate surface area is 249 Å². The highest BCUT2D eigenvalue weighted by molar-refractivity contribution is 7.91. The van der Waals surface area contributed by atoms with E-state index in [0.717, 1.165) is 53.8 Å². The van der Waals surface area contributed by atoms with Crippen LogP contribution < -0.4 is 15.8 Å². The molecule has 1 aliphatic heterocycles. The number of hydrogen-bond acceptors (Lipinski definition) is 6. The maximum atomic E-state index is 13.5. The summed E-state index contributed by atoms with van der Waals surface area (Å²) in [4.78, 5) is 18.6. The van der Waals surface area contributed by atoms with E-state index in [-0.39, 0.29) is 39.6 Å². The number of alkyl halides is 3. The van der Waals surface area contributed by atoms with Crippen LogP contribution in [0.5, 0.6) is 0 Å². The van der Waals surface area contributed by atoms with Crippen molar-refractivity contribution >= 4 is 44.1 Å². The van der Waals surface area contributed by atoms with Gasteiger partial charge >= 0.3 is 6.18 Å². The highest BCUT2D eigenvalue weighted by Gasteiger charge is 2.35. The van der Waals surface area contributed by atoms with E-state index in [0.29, 0.717) is 17.8 Å². The lowest BCUT2D eigenvalue weighted by molar-refractivity contribution is -0.143. The third-order valence-corrected chi connectivity index (χ3v) is 10.5. The van der Waals surface area contributed by atoms with E-state index in [9.17, 15) is 26.4 Å². The summed E-state index contributed by atoms with van der Waals surface area (Å²) in [5, 5.41) is 15.3. The summed E-state index contributed by atoms with van der Waals surface area (Å²) in [6, 6.07) is 9.79. The maximum absolute atomic E-state index is 13.5. The number of carbonyl (C=O) groups excluding carboxylic acids is 1. The number of sulfonamides is 1. The average molecular weight is 637 g/mol. The van der Waals surface area contributed by atoms with E-state index in [4.69, 9.17) is 11.1 Å². The number of likely N-dealkylation sites (tertiary alicyclic amines) is 1. The van der Waals surface area contributed by atoms with Gasteiger partial charge in [-0.05, 0) is 55.0 Å². The molecule has 5 rings (SSSR count). The molecule has 1 aromatic carbocycles. The Morgan fingerprint density at radius 2 is 2.05 bits per heavy atom. The first-order valence-electron chi connectivity index (χ1n) is 13.5. The standard InChI is InChI=1S/C27H31F3N8O3S2/c1-37-23(27(28,29)30)12-20(35-37)22-8-9-24(42-22)43(40,41)36-21(11-17-14-33-19-7-3-2-6-18(17)19)25(39)34-13-16-5-4-10-38(15-16)26(31)32/h2-3,6-9,12,14,16,21,33,36H,4-5,10-11,13,15H2,1H3,(H3,31,32)(H,34,39)/t16?,21-/m1/s1. The van der Waals surface area contributed by atoms with E-state index in [1.165, 1.54) is 12.1 Å². The van der Waals surface area contributed by atoms with Crippen LogP contribution in [0.15, 0.2) is 52.9 Å². The van der Waals surface area contributed by atoms with Gasteiger partial charge in [-0.1, -0.05) is 18.2 Å². The number of para-hydroxylation sites is 1. The van der Waals surface area contributed by atoms with E-state index in [1.54, 1.807) is 11.1 Å². The van der Waals surface area contributed by atoms with E-state index in [2.05, 4.69) is 20.1 Å². The second kappa shape index (κ2) is 12.0. The molecule has 0 spiro atoms. The number of piperidine rings is 1. The fraction of sp³-hybridized carbons (Fsp3) is 0.370. The number of guanidine groups is 1. The topological polar surface area (TPSA) is 162 Å². The number of aryl methyl sites for hydroxylation is 1. The number of aromatic nitrogens is 3. The smallest absolute Gasteiger partial charge is 0.370 e. The molecule has 1 unspecified atom stereocenters. The van der Waals surface area contributed by atoms with Crippen LogP contribution in [0.4, 0.5) is 13.2 Å². The first-order valence-corrected chi connectivity index (χ1v) is 15.8. The Kier molecular flexibility index (Phi) is 8.54. The van der Waals surface area contributed by atoms with Crippen molar-refractivity contribution in [1.29, 1.82) is 5.41 Å². The van der Waals surface area contributed by atoms with Crippen LogP contribution in [0.1, 0.15) is 24.1 Å². The number of halogens is 3. The normalized spacial score (nSPS) is 16.8. The van der Waals surface area contributed by atoms with E-state index < -0.39 is 33.8 Å². The minimum Gasteiger partial charge on any atom is -0.370 e. The predicted molar refractivity (Wildman–Crippen MR) is 157 cm³/mol. The van der Waals surface area contributed by atoms with Crippen molar-refractivity contribution < 1.29 is 26.4 Å². The first kappa shape index (κ1) is 30.6. The molecule has 4 heterocycles. The molecule has 0 radical (unpaired) electrons. The Morgan fingerprint density at radius 1 is 1.28 bits per heavy atom. The number of nitrogens with zero attached hydrogens (tertiary/aromatic N) is 3. The monoisotopic (exact) mass is 636 g/mol. The molecule has 1 amide bonds. The summed E-state index contributed by atoms with van der Waals surface area (Å²) in [5.41, 5.74) is 6.23. The highest BCUT2D eigenvalue weighted by Crippen LogP contribution is 2.35. The van der Waals surface area contributed by atoms with Gasteiger partial charge in [0.1, 0.15) is 21.6 Å². The van der Waals surface area contributed by atoms with Gasteiger partial charge in [0.25, 0.3) is 10.0 Å². The third-order valence-electron chi connectivity index (χ3n) is 7.41. The number of H-pyrrole nitrogens is 1. The van der Waals surface area contributed by atoms with Gasteiger partial charge in [-0.3, -0.25) is 14.9 Å². The summed E-state index contributed by atoms with van der Waals surface area (Å²) >= 11 is 0.760. The zero-order valence-electron chi connectivity index (χ0n) is 23.1. The molecule has 3 aromatic heterocycles. The van der Waals surface area contributed by atoms with Crippen molar-refractivity contribution in [2.24, 2.45) is 18.7 Å². The number of thiophene rings is 1. The number of aromatic amines is 1. The number of nitrogens with two attached hydrogens (primary N) is 1. The third kappa shape index (κ3) is 6.86. The van der Waals surface area contributed by atoms with Crippen LogP contribution in [0.25, 0.3) is 21.5 Å². The van der Waals surface area contributed by atoms with Gasteiger partial charge in [-0.25, -0.2) is 8.42 Å². The van der Waals surface area contributed by atoms with Crippen LogP contribution in [0.2, 0.25) is 0 Å². The fourth-order valence-corrected chi connectivity index (χ4v) is 7.70. The Hall–Kier alpha value is -3.89. The molecule has 1 fully saturated rings. The van der Waals surface area contributed by atoms with Crippen LogP contribution in [-0.2, 0) is 34.5 Å². The molecule has 0 bridgehead atoms. The molecule has 6 N–H and O–H groups in total. The lowest BCUT2D eigenvalue weighted by atomic mass is 9.98. The number of carbonyl (C=O) groups is 1. The Morgan fingerprint density at radius 3 is 2.77 bits per heavy atom. The van der Waals surface area contributed by atoms with Gasteiger partial charge < -0.3 is 20.9 Å². The van der Waals surface area contributed by atoms with Crippen LogP contribution >= 0.6 is 11.3 Å². The lowest BCUT2D eigenvalue weighted by Crippen LogP contribution is -2.50. The molecule has 4 aromatic rings. The minimum atomic E-state index is -4.61. The lowest BCUT2D eigenvalue weighted by Gasteiger charge is -2.33. The number of benzene rings is 1. The van der Waals surface area contributed by atoms with Crippen LogP contribution in [0, 0.1) is 11.3 Å². The number of hydrogen-bond donors (Lipinski definition) is 5. The van der Waals surface area contributed by atoms with Crippen molar-refractivity contribution in [2.75, 3.05) is 19.6 Å². The molecule has 0 aliphatic carbocycles. The molecule has 0 saturated carbocycles. The van der Waals surface area contributed by atoms with Gasteiger partial charge in [0.2, 0.25) is 5.91 Å². The summed E-state index contributed by atoms with van der Waals surface area (Å²) < 4.78 is 69.8. The summed E-state index contributed by atoms with van der Waals surface area (Å²) in [6.07, 6.45) is -1.20. The number of fused-ring (bicyclic) bond motifs is 1. The average Bonchev–Trinajstić information content (AvgIpc) is 3.70. The molecule has 2 atom stereocenters. The largest absolute Gasteiger partial charge is 0.433 e. The van der Waals surface area contributed by atoms with Gasteiger partial charge in [0.05, 0.1) is 4.88 Å². The van der Waals surface area contributed by atoms with Gasteiger partial charge in [0.15, 0.2) is 5.96 Å². The molecule has 43 heavy (non-hydrogen) atoms. The molecule has 11 nitrogen and oxygen atoms in total. The van der Waals surface area contributed by atoms with E-state index >= 15 is 0 Å². The maximum Gasteiger partial charge on any atom is 0.433 e. The van der Waals surface area contributed by atoms with Crippen LogP contribution in [0.3, 0.4) is 0 Å². The fourth-order valence-electron chi connectivity index (χ4n) is 5.23. The van der Waals surface area contributed by atoms with Crippen molar-refractivity contribution in [3.05, 3.63) is 59.9 Å². The van der Waals surface area contributed by atoms with Gasteiger partial charge in [-0.15, -0.1) is 11.3 Å². The number of amides is 1. The van der Waals surface area contributed by atoms with Crippen molar-refractivity contribution in [2.45, 2.75) is 35.7 Å². The SMILES string of the molecule is Cn1nc(-c2ccc(S(=O)(=O)N[C@H](Cc3c[nH]c4ccccc34)C(=O)NCC3CCCN(C(=N)N)C3)s2)cc1C(F)(F)F. The molecular weight excluding hydrogens is 605 g/mol. The summed E-state index contributed by atoms with van der Waals surface area (Å²) in [6.45, 7) is 1.46. The van der Waals surface area contributed by atoms with Crippen molar-refractivity contribution in [3.63, 3.8) is 0 Å². The zero-order valence-corrected chi connectivity index (χ0v) is 24.7. The van der Waals surface area contributed by atoms with Gasteiger partial charge in [-0.2, -0.15) is 23.0 Å². The van der Waals surface area contributed by atoms with Gasteiger partial charge in [0, 0.05) is 43.8 Å². The second-order valence-electron chi connectivity index (χ2n) is 10.5. The van der Waals surface area contributed by atoms with E-state index in [1.807, 2.05) is 24.3 Å². The highest BCUT2D eigenvalue weighted by atomic mass is 32.2. The van der Waals surface area contributed by atoms with Crippen molar-refractivity contribution in [1.82, 2.24) is 29.7 Å².